The molecule has 0 aromatic rings. The zero-order chi connectivity index (χ0) is 9.68. The van der Waals surface area contributed by atoms with E-state index in [9.17, 15) is 0 Å². The summed E-state index contributed by atoms with van der Waals surface area (Å²) in [4.78, 5) is 0. The van der Waals surface area contributed by atoms with Gasteiger partial charge in [0.05, 0.1) is 12.0 Å². The van der Waals surface area contributed by atoms with E-state index in [-0.39, 0.29) is 5.92 Å². The topological polar surface area (TPSA) is 35.8 Å². The summed E-state index contributed by atoms with van der Waals surface area (Å²) < 4.78 is 0. The number of nitriles is 1. The summed E-state index contributed by atoms with van der Waals surface area (Å²) in [5, 5.41) is 12.1. The molecule has 0 radical (unpaired) electrons. The fraction of sp³-hybridized carbons (Fsp3) is 0.909. The highest BCUT2D eigenvalue weighted by molar-refractivity contribution is 4.83. The molecule has 0 heterocycles. The molecule has 1 aliphatic carbocycles. The second-order valence-corrected chi connectivity index (χ2v) is 4.27. The fourth-order valence-corrected chi connectivity index (χ4v) is 2.03. The van der Waals surface area contributed by atoms with Crippen LogP contribution in [0.4, 0.5) is 0 Å². The smallest absolute Gasteiger partial charge is 0.0666 e. The molecule has 1 fully saturated rings. The minimum Gasteiger partial charge on any atom is -0.313 e. The van der Waals surface area contributed by atoms with E-state index in [4.69, 9.17) is 5.26 Å². The quantitative estimate of drug-likeness (QED) is 0.720. The molecule has 0 aromatic heterocycles. The molecule has 0 aromatic carbocycles. The molecular formula is C11H20N2. The number of nitrogens with zero attached hydrogens (tertiary/aromatic N) is 1. The van der Waals surface area contributed by atoms with Crippen molar-refractivity contribution in [3.05, 3.63) is 0 Å². The first-order valence-electron chi connectivity index (χ1n) is 5.37. The molecule has 0 aliphatic heterocycles. The number of rotatable bonds is 4. The maximum atomic E-state index is 8.62. The summed E-state index contributed by atoms with van der Waals surface area (Å²) in [5.74, 6) is 0.995. The minimum absolute atomic E-state index is 0.142. The summed E-state index contributed by atoms with van der Waals surface area (Å²) in [5.41, 5.74) is 0. The minimum atomic E-state index is 0.142. The largest absolute Gasteiger partial charge is 0.313 e. The van der Waals surface area contributed by atoms with E-state index in [1.807, 2.05) is 6.92 Å². The van der Waals surface area contributed by atoms with Crippen LogP contribution >= 0.6 is 0 Å². The highest BCUT2D eigenvalue weighted by Crippen LogP contribution is 2.27. The van der Waals surface area contributed by atoms with E-state index in [1.54, 1.807) is 0 Å². The lowest BCUT2D eigenvalue weighted by Crippen LogP contribution is -2.35. The third-order valence-corrected chi connectivity index (χ3v) is 3.07. The van der Waals surface area contributed by atoms with Crippen molar-refractivity contribution in [3.63, 3.8) is 0 Å². The van der Waals surface area contributed by atoms with Crippen molar-refractivity contribution < 1.29 is 0 Å². The van der Waals surface area contributed by atoms with Crippen LogP contribution in [0.5, 0.6) is 0 Å². The van der Waals surface area contributed by atoms with Gasteiger partial charge in [-0.15, -0.1) is 0 Å². The van der Waals surface area contributed by atoms with Gasteiger partial charge in [0.1, 0.15) is 0 Å². The van der Waals surface area contributed by atoms with E-state index < -0.39 is 0 Å². The summed E-state index contributed by atoms with van der Waals surface area (Å²) in [6.45, 7) is 5.06. The Balaban J connectivity index is 2.17. The Kier molecular flexibility index (Phi) is 4.24. The van der Waals surface area contributed by atoms with Gasteiger partial charge in [0.25, 0.3) is 0 Å². The monoisotopic (exact) mass is 180 g/mol. The van der Waals surface area contributed by atoms with E-state index >= 15 is 0 Å². The SMILES string of the molecule is CC(C#N)CN[C@@H](C)C1CCCC1. The summed E-state index contributed by atoms with van der Waals surface area (Å²) in [7, 11) is 0. The number of nitrogens with one attached hydrogen (secondary N) is 1. The molecule has 1 saturated carbocycles. The second kappa shape index (κ2) is 5.24. The molecule has 1 rings (SSSR count). The number of hydrogen-bond acceptors (Lipinski definition) is 2. The van der Waals surface area contributed by atoms with Crippen LogP contribution in [0.15, 0.2) is 0 Å². The van der Waals surface area contributed by atoms with Gasteiger partial charge >= 0.3 is 0 Å². The van der Waals surface area contributed by atoms with Crippen molar-refractivity contribution in [2.75, 3.05) is 6.54 Å². The lowest BCUT2D eigenvalue weighted by molar-refractivity contribution is 0.372. The Morgan fingerprint density at radius 3 is 2.54 bits per heavy atom. The Bertz CT molecular complexity index is 177. The Labute approximate surface area is 81.3 Å². The van der Waals surface area contributed by atoms with Crippen LogP contribution in [0.2, 0.25) is 0 Å². The van der Waals surface area contributed by atoms with Gasteiger partial charge in [-0.2, -0.15) is 5.26 Å². The lowest BCUT2D eigenvalue weighted by Gasteiger charge is -2.20. The van der Waals surface area contributed by atoms with Crippen molar-refractivity contribution in [1.29, 1.82) is 5.26 Å². The van der Waals surface area contributed by atoms with Gasteiger partial charge in [-0.3, -0.25) is 0 Å². The average Bonchev–Trinajstić information content (AvgIpc) is 2.66. The normalized spacial score (nSPS) is 22.5. The van der Waals surface area contributed by atoms with Crippen molar-refractivity contribution in [1.82, 2.24) is 5.32 Å². The molecule has 0 saturated heterocycles. The summed E-state index contributed by atoms with van der Waals surface area (Å²) in [6, 6.07) is 2.84. The van der Waals surface area contributed by atoms with Crippen LogP contribution in [-0.4, -0.2) is 12.6 Å². The Morgan fingerprint density at radius 2 is 2.00 bits per heavy atom. The zero-order valence-corrected chi connectivity index (χ0v) is 8.71. The van der Waals surface area contributed by atoms with E-state index in [0.717, 1.165) is 12.5 Å². The summed E-state index contributed by atoms with van der Waals surface area (Å²) in [6.07, 6.45) is 5.53. The van der Waals surface area contributed by atoms with Crippen LogP contribution in [0.25, 0.3) is 0 Å². The first-order valence-corrected chi connectivity index (χ1v) is 5.37. The van der Waals surface area contributed by atoms with E-state index in [2.05, 4.69) is 18.3 Å². The standard InChI is InChI=1S/C11H20N2/c1-9(7-12)8-13-10(2)11-5-3-4-6-11/h9-11,13H,3-6,8H2,1-2H3/t9?,10-/m0/s1. The fourth-order valence-electron chi connectivity index (χ4n) is 2.03. The molecule has 0 spiro atoms. The molecule has 13 heavy (non-hydrogen) atoms. The van der Waals surface area contributed by atoms with Crippen LogP contribution in [0, 0.1) is 23.2 Å². The molecule has 2 heteroatoms. The van der Waals surface area contributed by atoms with Crippen molar-refractivity contribution in [2.45, 2.75) is 45.6 Å². The van der Waals surface area contributed by atoms with Gasteiger partial charge in [0.15, 0.2) is 0 Å². The molecule has 74 valence electrons. The molecule has 2 atom stereocenters. The third kappa shape index (κ3) is 3.36. The summed E-state index contributed by atoms with van der Waals surface area (Å²) >= 11 is 0. The third-order valence-electron chi connectivity index (χ3n) is 3.07. The highest BCUT2D eigenvalue weighted by atomic mass is 14.9. The Hall–Kier alpha value is -0.550. The molecule has 0 bridgehead atoms. The van der Waals surface area contributed by atoms with Gasteiger partial charge in [-0.1, -0.05) is 12.8 Å². The maximum absolute atomic E-state index is 8.62. The second-order valence-electron chi connectivity index (χ2n) is 4.27. The lowest BCUT2D eigenvalue weighted by atomic mass is 9.99. The van der Waals surface area contributed by atoms with Crippen molar-refractivity contribution >= 4 is 0 Å². The maximum Gasteiger partial charge on any atom is 0.0666 e. The highest BCUT2D eigenvalue weighted by Gasteiger charge is 2.21. The van der Waals surface area contributed by atoms with Crippen molar-refractivity contribution in [2.24, 2.45) is 11.8 Å². The first kappa shape index (κ1) is 10.5. The molecule has 1 unspecified atom stereocenters. The Morgan fingerprint density at radius 1 is 1.38 bits per heavy atom. The molecular weight excluding hydrogens is 160 g/mol. The number of hydrogen-bond donors (Lipinski definition) is 1. The first-order chi connectivity index (χ1) is 6.24. The van der Waals surface area contributed by atoms with Crippen LogP contribution in [0.3, 0.4) is 0 Å². The van der Waals surface area contributed by atoms with Gasteiger partial charge in [0.2, 0.25) is 0 Å². The van der Waals surface area contributed by atoms with Crippen molar-refractivity contribution in [3.8, 4) is 6.07 Å². The van der Waals surface area contributed by atoms with Crippen LogP contribution in [-0.2, 0) is 0 Å². The van der Waals surface area contributed by atoms with Crippen LogP contribution < -0.4 is 5.32 Å². The zero-order valence-electron chi connectivity index (χ0n) is 8.71. The predicted molar refractivity (Wildman–Crippen MR) is 54.2 cm³/mol. The van der Waals surface area contributed by atoms with E-state index in [1.165, 1.54) is 25.7 Å². The van der Waals surface area contributed by atoms with E-state index in [0.29, 0.717) is 6.04 Å². The van der Waals surface area contributed by atoms with Gasteiger partial charge in [-0.05, 0) is 32.6 Å². The molecule has 1 aliphatic rings. The molecule has 1 N–H and O–H groups in total. The van der Waals surface area contributed by atoms with Gasteiger partial charge < -0.3 is 5.32 Å². The predicted octanol–water partition coefficient (Wildman–Crippen LogP) is 2.31. The molecule has 0 amide bonds. The molecule has 2 nitrogen and oxygen atoms in total. The van der Waals surface area contributed by atoms with Crippen LogP contribution in [0.1, 0.15) is 39.5 Å². The van der Waals surface area contributed by atoms with Gasteiger partial charge in [0, 0.05) is 12.6 Å². The average molecular weight is 180 g/mol. The van der Waals surface area contributed by atoms with Gasteiger partial charge in [-0.25, -0.2) is 0 Å².